The second kappa shape index (κ2) is 16.8. The molecule has 1 N–H and O–H groups in total. The molecule has 0 aliphatic rings. The maximum absolute atomic E-state index is 12.3. The van der Waals surface area contributed by atoms with Gasteiger partial charge >= 0.3 is 0 Å². The summed E-state index contributed by atoms with van der Waals surface area (Å²) in [6.07, 6.45) is 17.8. The third kappa shape index (κ3) is 12.3. The van der Waals surface area contributed by atoms with E-state index in [2.05, 4.69) is 43.4 Å². The normalized spacial score (nSPS) is 13.4. The van der Waals surface area contributed by atoms with Gasteiger partial charge in [0.1, 0.15) is 5.78 Å². The van der Waals surface area contributed by atoms with Gasteiger partial charge in [-0.25, -0.2) is 0 Å². The molecule has 1 aromatic carbocycles. The smallest absolute Gasteiger partial charge is 0.147 e. The van der Waals surface area contributed by atoms with Gasteiger partial charge in [-0.2, -0.15) is 0 Å². The molecule has 0 radical (unpaired) electrons. The van der Waals surface area contributed by atoms with Crippen molar-refractivity contribution in [1.82, 2.24) is 5.32 Å². The first-order valence-electron chi connectivity index (χ1n) is 12.0. The van der Waals surface area contributed by atoms with Crippen molar-refractivity contribution in [1.29, 1.82) is 0 Å². The maximum atomic E-state index is 12.3. The Morgan fingerprint density at radius 2 is 1.29 bits per heavy atom. The molecule has 2 unspecified atom stereocenters. The minimum atomic E-state index is -0.0527. The van der Waals surface area contributed by atoms with Gasteiger partial charge in [0.15, 0.2) is 0 Å². The van der Waals surface area contributed by atoms with Crippen LogP contribution in [0, 0.1) is 0 Å². The number of Topliss-reactive ketones (excluding diaryl/α,β-unsaturated/α-hetero) is 1. The third-order valence-electron chi connectivity index (χ3n) is 5.77. The number of benzene rings is 1. The highest BCUT2D eigenvalue weighted by atomic mass is 16.1. The molecule has 0 spiro atoms. The fourth-order valence-corrected chi connectivity index (χ4v) is 3.93. The van der Waals surface area contributed by atoms with Crippen LogP contribution in [0.15, 0.2) is 30.3 Å². The molecule has 0 saturated carbocycles. The Morgan fingerprint density at radius 3 is 1.79 bits per heavy atom. The van der Waals surface area contributed by atoms with Gasteiger partial charge in [-0.1, -0.05) is 115 Å². The van der Waals surface area contributed by atoms with Gasteiger partial charge in [0, 0.05) is 6.04 Å². The molecule has 2 nitrogen and oxygen atoms in total. The van der Waals surface area contributed by atoms with Gasteiger partial charge in [0.2, 0.25) is 0 Å². The zero-order valence-electron chi connectivity index (χ0n) is 18.8. The summed E-state index contributed by atoms with van der Waals surface area (Å²) in [4.78, 5) is 12.3. The van der Waals surface area contributed by atoms with Crippen molar-refractivity contribution in [3.05, 3.63) is 35.9 Å². The number of rotatable bonds is 18. The molecule has 0 aliphatic heterocycles. The van der Waals surface area contributed by atoms with Crippen LogP contribution < -0.4 is 5.32 Å². The molecule has 0 aromatic heterocycles. The van der Waals surface area contributed by atoms with Crippen molar-refractivity contribution in [2.45, 2.75) is 123 Å². The Kier molecular flexibility index (Phi) is 14.9. The number of carbonyl (C=O) groups excluding carboxylic acids is 1. The first kappa shape index (κ1) is 24.9. The van der Waals surface area contributed by atoms with Crippen molar-refractivity contribution >= 4 is 5.78 Å². The van der Waals surface area contributed by atoms with Crippen LogP contribution in [-0.2, 0) is 11.2 Å². The summed E-state index contributed by atoms with van der Waals surface area (Å²) < 4.78 is 0. The van der Waals surface area contributed by atoms with Crippen molar-refractivity contribution in [2.24, 2.45) is 0 Å². The predicted molar refractivity (Wildman–Crippen MR) is 123 cm³/mol. The fourth-order valence-electron chi connectivity index (χ4n) is 3.93. The van der Waals surface area contributed by atoms with E-state index in [0.29, 0.717) is 6.04 Å². The largest absolute Gasteiger partial charge is 0.304 e. The second-order valence-electron chi connectivity index (χ2n) is 8.48. The predicted octanol–water partition coefficient (Wildman–Crippen LogP) is 7.26. The lowest BCUT2D eigenvalue weighted by Gasteiger charge is -2.25. The van der Waals surface area contributed by atoms with Crippen molar-refractivity contribution < 1.29 is 4.79 Å². The molecule has 2 heteroatoms. The zero-order chi connectivity index (χ0) is 20.5. The molecule has 1 aromatic rings. The Balaban J connectivity index is 2.51. The van der Waals surface area contributed by atoms with Gasteiger partial charge < -0.3 is 5.32 Å². The van der Waals surface area contributed by atoms with Crippen LogP contribution in [0.4, 0.5) is 0 Å². The fraction of sp³-hybridized carbons (Fsp3) is 0.731. The minimum Gasteiger partial charge on any atom is -0.304 e. The van der Waals surface area contributed by atoms with E-state index >= 15 is 0 Å². The van der Waals surface area contributed by atoms with E-state index < -0.39 is 0 Å². The molecule has 0 saturated heterocycles. The van der Waals surface area contributed by atoms with Crippen molar-refractivity contribution in [3.8, 4) is 0 Å². The van der Waals surface area contributed by atoms with Crippen LogP contribution in [0.5, 0.6) is 0 Å². The average Bonchev–Trinajstić information content (AvgIpc) is 2.70. The highest BCUT2D eigenvalue weighted by Gasteiger charge is 2.19. The van der Waals surface area contributed by atoms with Crippen LogP contribution in [0.25, 0.3) is 0 Å². The van der Waals surface area contributed by atoms with E-state index in [1.807, 2.05) is 6.07 Å². The first-order valence-corrected chi connectivity index (χ1v) is 12.0. The molecular formula is C26H45NO. The maximum Gasteiger partial charge on any atom is 0.147 e. The van der Waals surface area contributed by atoms with Gasteiger partial charge in [-0.3, -0.25) is 4.79 Å². The van der Waals surface area contributed by atoms with Crippen molar-refractivity contribution in [2.75, 3.05) is 0 Å². The Hall–Kier alpha value is -1.15. The van der Waals surface area contributed by atoms with Gasteiger partial charge in [0.05, 0.1) is 6.04 Å². The molecule has 0 bridgehead atoms. The summed E-state index contributed by atoms with van der Waals surface area (Å²) in [7, 11) is 0. The quantitative estimate of drug-likeness (QED) is 0.269. The van der Waals surface area contributed by atoms with Crippen LogP contribution in [0.2, 0.25) is 0 Å². The number of unbranched alkanes of at least 4 members (excludes halogenated alkanes) is 9. The van der Waals surface area contributed by atoms with E-state index in [1.165, 1.54) is 89.0 Å². The number of hydrogen-bond donors (Lipinski definition) is 1. The lowest BCUT2D eigenvalue weighted by atomic mass is 9.97. The van der Waals surface area contributed by atoms with Crippen molar-refractivity contribution in [3.63, 3.8) is 0 Å². The number of carbonyl (C=O) groups is 1. The summed E-state index contributed by atoms with van der Waals surface area (Å²) in [5, 5.41) is 3.75. The van der Waals surface area contributed by atoms with Crippen LogP contribution >= 0.6 is 0 Å². The summed E-state index contributed by atoms with van der Waals surface area (Å²) >= 11 is 0. The number of nitrogens with one attached hydrogen (secondary N) is 1. The summed E-state index contributed by atoms with van der Waals surface area (Å²) in [5.74, 6) is 0.266. The molecule has 1 rings (SSSR count). The Labute approximate surface area is 174 Å². The summed E-state index contributed by atoms with van der Waals surface area (Å²) in [6, 6.07) is 10.9. The van der Waals surface area contributed by atoms with E-state index in [4.69, 9.17) is 0 Å². The molecule has 0 fully saturated rings. The molecular weight excluding hydrogens is 342 g/mol. The van der Waals surface area contributed by atoms with Crippen LogP contribution in [0.1, 0.15) is 110 Å². The lowest BCUT2D eigenvalue weighted by Crippen LogP contribution is -2.44. The van der Waals surface area contributed by atoms with Crippen LogP contribution in [-0.4, -0.2) is 17.9 Å². The first-order chi connectivity index (χ1) is 13.7. The van der Waals surface area contributed by atoms with Gasteiger partial charge in [-0.05, 0) is 31.7 Å². The van der Waals surface area contributed by atoms with Gasteiger partial charge in [-0.15, -0.1) is 0 Å². The van der Waals surface area contributed by atoms with E-state index in [0.717, 1.165) is 6.42 Å². The highest BCUT2D eigenvalue weighted by molar-refractivity contribution is 5.81. The molecule has 0 heterocycles. The molecule has 0 aliphatic carbocycles. The third-order valence-corrected chi connectivity index (χ3v) is 5.77. The Bertz CT molecular complexity index is 484. The number of ketones is 1. The minimum absolute atomic E-state index is 0.0527. The van der Waals surface area contributed by atoms with E-state index in [1.54, 1.807) is 6.92 Å². The molecule has 2 atom stereocenters. The van der Waals surface area contributed by atoms with E-state index in [-0.39, 0.29) is 11.8 Å². The highest BCUT2D eigenvalue weighted by Crippen LogP contribution is 2.16. The van der Waals surface area contributed by atoms with Gasteiger partial charge in [0.25, 0.3) is 0 Å². The van der Waals surface area contributed by atoms with Crippen LogP contribution in [0.3, 0.4) is 0 Å². The molecule has 160 valence electrons. The standard InChI is InChI=1S/C26H45NO/c1-4-6-8-10-12-17-21-25(20-16-11-9-7-5-2)27-26(23(3)28)22-24-18-14-13-15-19-24/h13-15,18-19,25-27H,4-12,16-17,20-22H2,1-3H3. The molecule has 28 heavy (non-hydrogen) atoms. The molecule has 0 amide bonds. The van der Waals surface area contributed by atoms with E-state index in [9.17, 15) is 4.79 Å². The Morgan fingerprint density at radius 1 is 0.786 bits per heavy atom. The SMILES string of the molecule is CCCCCCCCC(CCCCCCC)NC(Cc1ccccc1)C(C)=O. The number of hydrogen-bond acceptors (Lipinski definition) is 2. The summed E-state index contributed by atoms with van der Waals surface area (Å²) in [5.41, 5.74) is 1.25. The average molecular weight is 388 g/mol. The monoisotopic (exact) mass is 387 g/mol. The topological polar surface area (TPSA) is 29.1 Å². The lowest BCUT2D eigenvalue weighted by molar-refractivity contribution is -0.119. The second-order valence-corrected chi connectivity index (χ2v) is 8.48. The zero-order valence-corrected chi connectivity index (χ0v) is 18.8. The summed E-state index contributed by atoms with van der Waals surface area (Å²) in [6.45, 7) is 6.28.